The fourth-order valence-corrected chi connectivity index (χ4v) is 1.76. The molecule has 0 aliphatic carbocycles. The van der Waals surface area contributed by atoms with E-state index >= 15 is 0 Å². The van der Waals surface area contributed by atoms with Gasteiger partial charge in [0.15, 0.2) is 0 Å². The summed E-state index contributed by atoms with van der Waals surface area (Å²) < 4.78 is 39.7. The van der Waals surface area contributed by atoms with E-state index in [1.54, 1.807) is 0 Å². The summed E-state index contributed by atoms with van der Waals surface area (Å²) in [5.74, 6) is -0.478. The van der Waals surface area contributed by atoms with Crippen LogP contribution >= 0.6 is 12.4 Å². The van der Waals surface area contributed by atoms with Crippen molar-refractivity contribution in [3.05, 3.63) is 29.8 Å². The first-order chi connectivity index (χ1) is 9.81. The molecule has 0 fully saturated rings. The van der Waals surface area contributed by atoms with E-state index in [-0.39, 0.29) is 24.1 Å². The molecule has 126 valence electrons. The Hall–Kier alpha value is -1.47. The topological polar surface area (TPSA) is 64.4 Å². The number of carbonyl (C=O) groups excluding carboxylic acids is 1. The summed E-state index contributed by atoms with van der Waals surface area (Å²) in [5.41, 5.74) is 6.45. The van der Waals surface area contributed by atoms with Gasteiger partial charge in [-0.05, 0) is 30.5 Å². The number of benzene rings is 1. The van der Waals surface area contributed by atoms with Gasteiger partial charge in [-0.3, -0.25) is 4.79 Å². The van der Waals surface area contributed by atoms with Crippen molar-refractivity contribution in [2.75, 3.05) is 6.54 Å². The predicted octanol–water partition coefficient (Wildman–Crippen LogP) is 2.79. The van der Waals surface area contributed by atoms with Crippen LogP contribution in [0.25, 0.3) is 0 Å². The van der Waals surface area contributed by atoms with E-state index in [4.69, 9.17) is 5.73 Å². The van der Waals surface area contributed by atoms with Crippen LogP contribution in [0.1, 0.15) is 25.3 Å². The quantitative estimate of drug-likeness (QED) is 0.802. The molecule has 1 atom stereocenters. The van der Waals surface area contributed by atoms with Crippen molar-refractivity contribution >= 4 is 18.3 Å². The summed E-state index contributed by atoms with van der Waals surface area (Å²) in [6, 6.07) is 5.02. The number of hydrogen-bond donors (Lipinski definition) is 2. The SMILES string of the molecule is CCCC(N)C(=O)NCCc1ccc(OC(F)(F)F)cc1.Cl. The molecule has 1 amide bonds. The van der Waals surface area contributed by atoms with Gasteiger partial charge in [-0.1, -0.05) is 25.5 Å². The average molecular weight is 341 g/mol. The third-order valence-electron chi connectivity index (χ3n) is 2.81. The lowest BCUT2D eigenvalue weighted by atomic mass is 10.1. The molecule has 1 aromatic carbocycles. The average Bonchev–Trinajstić information content (AvgIpc) is 2.39. The minimum absolute atomic E-state index is 0. The van der Waals surface area contributed by atoms with E-state index in [1.165, 1.54) is 24.3 Å². The minimum atomic E-state index is -4.69. The molecular formula is C14H20ClF3N2O2. The Morgan fingerprint density at radius 1 is 1.32 bits per heavy atom. The highest BCUT2D eigenvalue weighted by Crippen LogP contribution is 2.22. The van der Waals surface area contributed by atoms with Crippen molar-refractivity contribution in [3.63, 3.8) is 0 Å². The van der Waals surface area contributed by atoms with Gasteiger partial charge in [0, 0.05) is 6.54 Å². The molecule has 1 unspecified atom stereocenters. The highest BCUT2D eigenvalue weighted by molar-refractivity contribution is 5.85. The predicted molar refractivity (Wildman–Crippen MR) is 80.0 cm³/mol. The number of ether oxygens (including phenoxy) is 1. The number of carbonyl (C=O) groups is 1. The van der Waals surface area contributed by atoms with Gasteiger partial charge in [0.1, 0.15) is 5.75 Å². The maximum Gasteiger partial charge on any atom is 0.573 e. The molecule has 1 rings (SSSR count). The molecule has 0 heterocycles. The van der Waals surface area contributed by atoms with Crippen molar-refractivity contribution in [3.8, 4) is 5.75 Å². The maximum absolute atomic E-state index is 12.0. The maximum atomic E-state index is 12.0. The summed E-state index contributed by atoms with van der Waals surface area (Å²) in [6.07, 6.45) is -2.73. The molecule has 0 aliphatic rings. The number of hydrogen-bond acceptors (Lipinski definition) is 3. The van der Waals surface area contributed by atoms with E-state index in [0.717, 1.165) is 12.0 Å². The summed E-state index contributed by atoms with van der Waals surface area (Å²) in [5, 5.41) is 2.69. The third kappa shape index (κ3) is 8.09. The molecule has 0 aromatic heterocycles. The van der Waals surface area contributed by atoms with E-state index in [1.807, 2.05) is 6.92 Å². The largest absolute Gasteiger partial charge is 0.573 e. The van der Waals surface area contributed by atoms with Crippen LogP contribution in [0.2, 0.25) is 0 Å². The molecule has 22 heavy (non-hydrogen) atoms. The van der Waals surface area contributed by atoms with Gasteiger partial charge < -0.3 is 15.8 Å². The molecule has 0 radical (unpaired) electrons. The first-order valence-electron chi connectivity index (χ1n) is 6.70. The zero-order chi connectivity index (χ0) is 15.9. The fraction of sp³-hybridized carbons (Fsp3) is 0.500. The Kier molecular flexibility index (Phi) is 8.89. The van der Waals surface area contributed by atoms with Crippen molar-refractivity contribution in [1.82, 2.24) is 5.32 Å². The molecular weight excluding hydrogens is 321 g/mol. The van der Waals surface area contributed by atoms with Gasteiger partial charge in [-0.15, -0.1) is 25.6 Å². The molecule has 0 bridgehead atoms. The molecule has 0 saturated heterocycles. The highest BCUT2D eigenvalue weighted by Gasteiger charge is 2.30. The molecule has 0 spiro atoms. The van der Waals surface area contributed by atoms with E-state index in [9.17, 15) is 18.0 Å². The fourth-order valence-electron chi connectivity index (χ4n) is 1.76. The van der Waals surface area contributed by atoms with Gasteiger partial charge in [0.05, 0.1) is 6.04 Å². The number of amides is 1. The number of halogens is 4. The lowest BCUT2D eigenvalue weighted by Gasteiger charge is -2.11. The van der Waals surface area contributed by atoms with Crippen LogP contribution in [0, 0.1) is 0 Å². The second-order valence-electron chi connectivity index (χ2n) is 4.63. The van der Waals surface area contributed by atoms with Crippen LogP contribution in [0.15, 0.2) is 24.3 Å². The molecule has 8 heteroatoms. The third-order valence-corrected chi connectivity index (χ3v) is 2.81. The standard InChI is InChI=1S/C14H19F3N2O2.ClH/c1-2-3-12(18)13(20)19-9-8-10-4-6-11(7-5-10)21-14(15,16)17;/h4-7,12H,2-3,8-9,18H2,1H3,(H,19,20);1H. The van der Waals surface area contributed by atoms with Crippen molar-refractivity contribution < 1.29 is 22.7 Å². The number of nitrogens with one attached hydrogen (secondary N) is 1. The molecule has 4 nitrogen and oxygen atoms in total. The first kappa shape index (κ1) is 20.5. The zero-order valence-electron chi connectivity index (χ0n) is 12.2. The summed E-state index contributed by atoms with van der Waals surface area (Å²) >= 11 is 0. The summed E-state index contributed by atoms with van der Waals surface area (Å²) in [6.45, 7) is 2.33. The molecule has 0 aliphatic heterocycles. The van der Waals surface area contributed by atoms with E-state index < -0.39 is 12.4 Å². The number of nitrogens with two attached hydrogens (primary N) is 1. The van der Waals surface area contributed by atoms with E-state index in [0.29, 0.717) is 19.4 Å². The Balaban J connectivity index is 0.00000441. The Bertz CT molecular complexity index is 452. The molecule has 1 aromatic rings. The number of alkyl halides is 3. The van der Waals surface area contributed by atoms with Crippen LogP contribution in [0.3, 0.4) is 0 Å². The van der Waals surface area contributed by atoms with Gasteiger partial charge in [-0.2, -0.15) is 0 Å². The van der Waals surface area contributed by atoms with Gasteiger partial charge in [0.2, 0.25) is 5.91 Å². The smallest absolute Gasteiger partial charge is 0.406 e. The second-order valence-corrected chi connectivity index (χ2v) is 4.63. The highest BCUT2D eigenvalue weighted by atomic mass is 35.5. The molecule has 0 saturated carbocycles. The summed E-state index contributed by atoms with van der Waals surface area (Å²) in [7, 11) is 0. The van der Waals surface area contributed by atoms with Crippen molar-refractivity contribution in [2.45, 2.75) is 38.6 Å². The van der Waals surface area contributed by atoms with Crippen molar-refractivity contribution in [1.29, 1.82) is 0 Å². The van der Waals surface area contributed by atoms with Gasteiger partial charge in [-0.25, -0.2) is 0 Å². The summed E-state index contributed by atoms with van der Waals surface area (Å²) in [4.78, 5) is 11.6. The van der Waals surface area contributed by atoms with Crippen LogP contribution < -0.4 is 15.8 Å². The lowest BCUT2D eigenvalue weighted by Crippen LogP contribution is -2.41. The Labute approximate surface area is 133 Å². The first-order valence-corrected chi connectivity index (χ1v) is 6.70. The molecule has 3 N–H and O–H groups in total. The van der Waals surface area contributed by atoms with Gasteiger partial charge in [0.25, 0.3) is 0 Å². The van der Waals surface area contributed by atoms with Crippen LogP contribution in [-0.4, -0.2) is 24.9 Å². The zero-order valence-corrected chi connectivity index (χ0v) is 13.0. The van der Waals surface area contributed by atoms with Crippen LogP contribution in [0.4, 0.5) is 13.2 Å². The minimum Gasteiger partial charge on any atom is -0.406 e. The van der Waals surface area contributed by atoms with Crippen LogP contribution in [-0.2, 0) is 11.2 Å². The Morgan fingerprint density at radius 2 is 1.91 bits per heavy atom. The number of rotatable bonds is 7. The second kappa shape index (κ2) is 9.53. The van der Waals surface area contributed by atoms with Crippen molar-refractivity contribution in [2.24, 2.45) is 5.73 Å². The lowest BCUT2D eigenvalue weighted by molar-refractivity contribution is -0.274. The van der Waals surface area contributed by atoms with Gasteiger partial charge >= 0.3 is 6.36 Å². The normalized spacial score (nSPS) is 12.2. The van der Waals surface area contributed by atoms with E-state index in [2.05, 4.69) is 10.1 Å². The Morgan fingerprint density at radius 3 is 2.41 bits per heavy atom. The van der Waals surface area contributed by atoms with Crippen LogP contribution in [0.5, 0.6) is 5.75 Å². The monoisotopic (exact) mass is 340 g/mol.